The molecular weight excluding hydrogens is 344 g/mol. The molecule has 152 valence electrons. The van der Waals surface area contributed by atoms with E-state index in [0.717, 1.165) is 47.4 Å². The van der Waals surface area contributed by atoms with Crippen molar-refractivity contribution in [3.05, 3.63) is 23.0 Å². The molecule has 0 saturated heterocycles. The maximum Gasteiger partial charge on any atom is 0.165 e. The van der Waals surface area contributed by atoms with Crippen LogP contribution in [0.3, 0.4) is 0 Å². The van der Waals surface area contributed by atoms with Gasteiger partial charge in [0, 0.05) is 23.7 Å². The fourth-order valence-electron chi connectivity index (χ4n) is 7.94. The van der Waals surface area contributed by atoms with Crippen LogP contribution in [0.4, 0.5) is 0 Å². The van der Waals surface area contributed by atoms with Gasteiger partial charge >= 0.3 is 0 Å². The maximum absolute atomic E-state index is 13.5. The number of nitrogens with zero attached hydrogens (tertiary/aromatic N) is 2. The first-order valence-electron chi connectivity index (χ1n) is 11.6. The van der Waals surface area contributed by atoms with Gasteiger partial charge in [0.2, 0.25) is 0 Å². The van der Waals surface area contributed by atoms with Gasteiger partial charge < -0.3 is 0 Å². The van der Waals surface area contributed by atoms with Crippen LogP contribution in [0.25, 0.3) is 6.08 Å². The van der Waals surface area contributed by atoms with Crippen molar-refractivity contribution in [3.63, 3.8) is 0 Å². The van der Waals surface area contributed by atoms with Gasteiger partial charge in [0.05, 0.1) is 6.20 Å². The van der Waals surface area contributed by atoms with Gasteiger partial charge in [-0.25, -0.2) is 0 Å². The van der Waals surface area contributed by atoms with Crippen LogP contribution in [0.5, 0.6) is 0 Å². The smallest absolute Gasteiger partial charge is 0.165 e. The molecule has 1 aromatic heterocycles. The summed E-state index contributed by atoms with van der Waals surface area (Å²) in [5.41, 5.74) is 3.75. The number of allylic oxidation sites excluding steroid dienone is 1. The molecule has 3 heteroatoms. The third-order valence-electron chi connectivity index (χ3n) is 9.83. The largest absolute Gasteiger partial charge is 0.294 e. The molecule has 0 unspecified atom stereocenters. The van der Waals surface area contributed by atoms with E-state index in [9.17, 15) is 4.79 Å². The molecule has 0 amide bonds. The Labute approximate surface area is 170 Å². The number of rotatable bonds is 1. The standard InChI is InChI=1S/C25H36N2O/c1-16-18(15-26-27(16)4)13-17-14-22-20-9-8-19-7-5-6-11-24(19,2)21(20)10-12-25(22,3)23(17)28/h13,15,19-22H,5-12,14H2,1-4H3/b17-13+/t19-,20-,21+,22+,24-,25-/m0/s1. The number of Topliss-reactive ketones (excluding diaryl/α,β-unsaturated/α-hetero) is 1. The number of hydrogen-bond donors (Lipinski definition) is 0. The summed E-state index contributed by atoms with van der Waals surface area (Å²) in [4.78, 5) is 13.5. The predicted octanol–water partition coefficient (Wildman–Crippen LogP) is 5.72. The topological polar surface area (TPSA) is 34.9 Å². The highest BCUT2D eigenvalue weighted by Gasteiger charge is 2.60. The first kappa shape index (κ1) is 18.6. The zero-order valence-electron chi connectivity index (χ0n) is 18.1. The van der Waals surface area contributed by atoms with Gasteiger partial charge in [-0.1, -0.05) is 26.7 Å². The van der Waals surface area contributed by atoms with E-state index < -0.39 is 0 Å². The SMILES string of the molecule is Cc1c(/C=C2\C[C@@H]3[C@H]4CC[C@@H]5CCCC[C@]5(C)[C@@H]4CC[C@]3(C)C2=O)cnn1C. The van der Waals surface area contributed by atoms with E-state index >= 15 is 0 Å². The lowest BCUT2D eigenvalue weighted by molar-refractivity contribution is -0.137. The zero-order chi connectivity index (χ0) is 19.7. The van der Waals surface area contributed by atoms with Crippen LogP contribution >= 0.6 is 0 Å². The van der Waals surface area contributed by atoms with Crippen LogP contribution < -0.4 is 0 Å². The van der Waals surface area contributed by atoms with Gasteiger partial charge in [-0.15, -0.1) is 0 Å². The minimum Gasteiger partial charge on any atom is -0.294 e. The van der Waals surface area contributed by atoms with Crippen molar-refractivity contribution in [2.24, 2.45) is 41.5 Å². The number of fused-ring (bicyclic) bond motifs is 5. The lowest BCUT2D eigenvalue weighted by Crippen LogP contribution is -2.52. The Morgan fingerprint density at radius 1 is 1.11 bits per heavy atom. The Morgan fingerprint density at radius 2 is 1.93 bits per heavy atom. The zero-order valence-corrected chi connectivity index (χ0v) is 18.1. The van der Waals surface area contributed by atoms with E-state index in [1.807, 2.05) is 17.9 Å². The summed E-state index contributed by atoms with van der Waals surface area (Å²) in [6.07, 6.45) is 15.9. The molecule has 0 radical (unpaired) electrons. The monoisotopic (exact) mass is 380 g/mol. The van der Waals surface area contributed by atoms with Crippen molar-refractivity contribution in [1.29, 1.82) is 0 Å². The summed E-state index contributed by atoms with van der Waals surface area (Å²) in [6.45, 7) is 7.00. The summed E-state index contributed by atoms with van der Waals surface area (Å²) in [5, 5.41) is 4.37. The van der Waals surface area contributed by atoms with Crippen molar-refractivity contribution in [2.45, 2.75) is 78.6 Å². The average molecular weight is 381 g/mol. The van der Waals surface area contributed by atoms with Crippen LogP contribution in [0, 0.1) is 41.4 Å². The van der Waals surface area contributed by atoms with Gasteiger partial charge in [0.15, 0.2) is 5.78 Å². The van der Waals surface area contributed by atoms with Gasteiger partial charge in [-0.3, -0.25) is 9.48 Å². The van der Waals surface area contributed by atoms with Crippen molar-refractivity contribution in [3.8, 4) is 0 Å². The number of carbonyl (C=O) groups excluding carboxylic acids is 1. The van der Waals surface area contributed by atoms with Crippen LogP contribution in [-0.2, 0) is 11.8 Å². The van der Waals surface area contributed by atoms with E-state index in [0.29, 0.717) is 17.1 Å². The Morgan fingerprint density at radius 3 is 2.68 bits per heavy atom. The summed E-state index contributed by atoms with van der Waals surface area (Å²) in [6, 6.07) is 0. The normalized spacial score (nSPS) is 44.3. The van der Waals surface area contributed by atoms with Crippen molar-refractivity contribution >= 4 is 11.9 Å². The third kappa shape index (κ3) is 2.47. The second kappa shape index (κ2) is 6.31. The molecule has 0 N–H and O–H groups in total. The van der Waals surface area contributed by atoms with Crippen LogP contribution in [-0.4, -0.2) is 15.6 Å². The molecule has 6 atom stereocenters. The fourth-order valence-corrected chi connectivity index (χ4v) is 7.94. The summed E-state index contributed by atoms with van der Waals surface area (Å²) in [7, 11) is 1.98. The van der Waals surface area contributed by atoms with Crippen molar-refractivity contribution in [2.75, 3.05) is 0 Å². The Bertz CT molecular complexity index is 836. The lowest BCUT2D eigenvalue weighted by atomic mass is 9.45. The Hall–Kier alpha value is -1.38. The van der Waals surface area contributed by atoms with Crippen LogP contribution in [0.15, 0.2) is 11.8 Å². The number of hydrogen-bond acceptors (Lipinski definition) is 2. The fraction of sp³-hybridized carbons (Fsp3) is 0.760. The number of aromatic nitrogens is 2. The Kier molecular flexibility index (Phi) is 4.20. The average Bonchev–Trinajstić information content (AvgIpc) is 3.13. The predicted molar refractivity (Wildman–Crippen MR) is 113 cm³/mol. The first-order valence-corrected chi connectivity index (χ1v) is 11.6. The van der Waals surface area contributed by atoms with Crippen LogP contribution in [0.2, 0.25) is 0 Å². The number of ketones is 1. The van der Waals surface area contributed by atoms with Crippen molar-refractivity contribution in [1.82, 2.24) is 9.78 Å². The molecular formula is C25H36N2O. The third-order valence-corrected chi connectivity index (χ3v) is 9.83. The van der Waals surface area contributed by atoms with Gasteiger partial charge in [0.25, 0.3) is 0 Å². The van der Waals surface area contributed by atoms with Crippen LogP contribution in [0.1, 0.15) is 82.9 Å². The molecule has 3 nitrogen and oxygen atoms in total. The minimum absolute atomic E-state index is 0.124. The summed E-state index contributed by atoms with van der Waals surface area (Å²) < 4.78 is 1.90. The maximum atomic E-state index is 13.5. The highest BCUT2D eigenvalue weighted by atomic mass is 16.1. The molecule has 0 aromatic carbocycles. The van der Waals surface area contributed by atoms with Gasteiger partial charge in [0.1, 0.15) is 0 Å². The molecule has 1 heterocycles. The summed E-state index contributed by atoms with van der Waals surface area (Å²) in [5.74, 6) is 3.54. The van der Waals surface area contributed by atoms with E-state index in [4.69, 9.17) is 0 Å². The second-order valence-electron chi connectivity index (χ2n) is 10.9. The number of carbonyl (C=O) groups is 1. The van der Waals surface area contributed by atoms with Crippen molar-refractivity contribution < 1.29 is 4.79 Å². The molecule has 4 saturated carbocycles. The molecule has 4 aliphatic rings. The van der Waals surface area contributed by atoms with E-state index in [2.05, 4.69) is 31.9 Å². The molecule has 28 heavy (non-hydrogen) atoms. The molecule has 0 bridgehead atoms. The lowest BCUT2D eigenvalue weighted by Gasteiger charge is -2.59. The second-order valence-corrected chi connectivity index (χ2v) is 10.9. The van der Waals surface area contributed by atoms with Gasteiger partial charge in [-0.2, -0.15) is 5.10 Å². The number of aryl methyl sites for hydroxylation is 1. The molecule has 4 aliphatic carbocycles. The molecule has 1 aromatic rings. The highest BCUT2D eigenvalue weighted by molar-refractivity contribution is 6.06. The van der Waals surface area contributed by atoms with E-state index in [1.54, 1.807) is 0 Å². The summed E-state index contributed by atoms with van der Waals surface area (Å²) >= 11 is 0. The highest BCUT2D eigenvalue weighted by Crippen LogP contribution is 2.66. The molecule has 4 fully saturated rings. The van der Waals surface area contributed by atoms with E-state index in [-0.39, 0.29) is 5.41 Å². The first-order chi connectivity index (χ1) is 13.3. The van der Waals surface area contributed by atoms with Gasteiger partial charge in [-0.05, 0) is 92.6 Å². The molecule has 0 spiro atoms. The molecule has 5 rings (SSSR count). The minimum atomic E-state index is -0.124. The Balaban J connectivity index is 1.47. The quantitative estimate of drug-likeness (QED) is 0.584. The molecule has 0 aliphatic heterocycles. The van der Waals surface area contributed by atoms with E-state index in [1.165, 1.54) is 44.9 Å².